The predicted molar refractivity (Wildman–Crippen MR) is 59.4 cm³/mol. The minimum Gasteiger partial charge on any atom is -0.481 e. The zero-order valence-electron chi connectivity index (χ0n) is 9.63. The summed E-state index contributed by atoms with van der Waals surface area (Å²) in [7, 11) is 0. The Balaban J connectivity index is 2.20. The molecule has 0 aromatic heterocycles. The van der Waals surface area contributed by atoms with Crippen molar-refractivity contribution in [1.82, 2.24) is 0 Å². The summed E-state index contributed by atoms with van der Waals surface area (Å²) in [5, 5.41) is 9.21. The number of carboxylic acid groups (broad SMARTS) is 1. The molecule has 1 aromatic rings. The molecule has 0 aliphatic heterocycles. The highest BCUT2D eigenvalue weighted by Gasteiger charge is 2.45. The van der Waals surface area contributed by atoms with Gasteiger partial charge in [-0.25, -0.2) is 0 Å². The number of hydrogen-bond acceptors (Lipinski definition) is 1. The molecule has 1 saturated carbocycles. The average Bonchev–Trinajstić information content (AvgIpc) is 2.15. The van der Waals surface area contributed by atoms with Crippen molar-refractivity contribution in [1.29, 1.82) is 0 Å². The summed E-state index contributed by atoms with van der Waals surface area (Å²) < 4.78 is 36.6. The van der Waals surface area contributed by atoms with E-state index in [1.807, 2.05) is 0 Å². The first-order chi connectivity index (χ1) is 8.33. The molecule has 98 valence electrons. The van der Waals surface area contributed by atoms with Crippen LogP contribution in [0.3, 0.4) is 0 Å². The number of hydrogen-bond donors (Lipinski definition) is 1. The Bertz CT molecular complexity index is 444. The molecule has 1 N–H and O–H groups in total. The highest BCUT2D eigenvalue weighted by molar-refractivity contribution is 5.82. The van der Waals surface area contributed by atoms with Crippen molar-refractivity contribution < 1.29 is 23.1 Å². The second-order valence-corrected chi connectivity index (χ2v) is 4.73. The topological polar surface area (TPSA) is 37.3 Å². The van der Waals surface area contributed by atoms with Gasteiger partial charge in [0, 0.05) is 0 Å². The maximum Gasteiger partial charge on any atom is 0.393 e. The van der Waals surface area contributed by atoms with Gasteiger partial charge >= 0.3 is 12.1 Å². The molecule has 1 aromatic carbocycles. The van der Waals surface area contributed by atoms with Crippen molar-refractivity contribution >= 4 is 5.97 Å². The third-order valence-electron chi connectivity index (χ3n) is 3.53. The van der Waals surface area contributed by atoms with Gasteiger partial charge in [-0.3, -0.25) is 4.79 Å². The van der Waals surface area contributed by atoms with Crippen molar-refractivity contribution in [3.05, 3.63) is 35.4 Å². The summed E-state index contributed by atoms with van der Waals surface area (Å²) in [6.07, 6.45) is -3.26. The Morgan fingerprint density at radius 3 is 2.11 bits per heavy atom. The molecule has 0 spiro atoms. The molecule has 0 bridgehead atoms. The summed E-state index contributed by atoms with van der Waals surface area (Å²) in [6.45, 7) is 0. The SMILES string of the molecule is O=C(O)C1(c2ccc(CC(F)(F)F)cc2)CCC1. The molecule has 18 heavy (non-hydrogen) atoms. The van der Waals surface area contributed by atoms with Gasteiger partial charge < -0.3 is 5.11 Å². The summed E-state index contributed by atoms with van der Waals surface area (Å²) in [5.74, 6) is -0.891. The molecule has 2 nitrogen and oxygen atoms in total. The van der Waals surface area contributed by atoms with Crippen LogP contribution in [-0.2, 0) is 16.6 Å². The van der Waals surface area contributed by atoms with Crippen molar-refractivity contribution in [2.24, 2.45) is 0 Å². The van der Waals surface area contributed by atoms with Gasteiger partial charge in [0.2, 0.25) is 0 Å². The molecule has 1 aliphatic rings. The fraction of sp³-hybridized carbons (Fsp3) is 0.462. The zero-order chi connectivity index (χ0) is 13.4. The van der Waals surface area contributed by atoms with Crippen molar-refractivity contribution in [2.45, 2.75) is 37.3 Å². The van der Waals surface area contributed by atoms with Gasteiger partial charge in [-0.05, 0) is 24.0 Å². The zero-order valence-corrected chi connectivity index (χ0v) is 9.63. The lowest BCUT2D eigenvalue weighted by Crippen LogP contribution is -2.42. The van der Waals surface area contributed by atoms with E-state index < -0.39 is 24.0 Å². The molecule has 0 saturated heterocycles. The van der Waals surface area contributed by atoms with Gasteiger partial charge in [-0.1, -0.05) is 30.7 Å². The van der Waals surface area contributed by atoms with Gasteiger partial charge in [-0.15, -0.1) is 0 Å². The molecule has 0 atom stereocenters. The average molecular weight is 258 g/mol. The fourth-order valence-electron chi connectivity index (χ4n) is 2.33. The van der Waals surface area contributed by atoms with Crippen LogP contribution in [0.5, 0.6) is 0 Å². The lowest BCUT2D eigenvalue weighted by molar-refractivity contribution is -0.147. The smallest absolute Gasteiger partial charge is 0.393 e. The molecule has 0 unspecified atom stereocenters. The number of rotatable bonds is 3. The van der Waals surface area contributed by atoms with E-state index in [0.717, 1.165) is 6.42 Å². The number of alkyl halides is 3. The van der Waals surface area contributed by atoms with E-state index in [1.165, 1.54) is 24.3 Å². The molecule has 5 heteroatoms. The van der Waals surface area contributed by atoms with Crippen molar-refractivity contribution in [3.8, 4) is 0 Å². The van der Waals surface area contributed by atoms with Gasteiger partial charge in [0.05, 0.1) is 11.8 Å². The Morgan fingerprint density at radius 1 is 1.22 bits per heavy atom. The molecule has 0 heterocycles. The number of carbonyl (C=O) groups is 1. The van der Waals surface area contributed by atoms with E-state index in [4.69, 9.17) is 0 Å². The van der Waals surface area contributed by atoms with Crippen LogP contribution in [0.25, 0.3) is 0 Å². The molecule has 0 amide bonds. The van der Waals surface area contributed by atoms with E-state index in [0.29, 0.717) is 18.4 Å². The highest BCUT2D eigenvalue weighted by Crippen LogP contribution is 2.44. The minimum atomic E-state index is -4.23. The monoisotopic (exact) mass is 258 g/mol. The second-order valence-electron chi connectivity index (χ2n) is 4.73. The number of benzene rings is 1. The Labute approximate surface area is 102 Å². The number of carboxylic acids is 1. The van der Waals surface area contributed by atoms with Gasteiger partial charge in [0.15, 0.2) is 0 Å². The Morgan fingerprint density at radius 2 is 1.78 bits per heavy atom. The molecule has 2 rings (SSSR count). The summed E-state index contributed by atoms with van der Waals surface area (Å²) in [6, 6.07) is 5.75. The van der Waals surface area contributed by atoms with Crippen LogP contribution in [-0.4, -0.2) is 17.3 Å². The summed E-state index contributed by atoms with van der Waals surface area (Å²) in [4.78, 5) is 11.2. The van der Waals surface area contributed by atoms with E-state index in [2.05, 4.69) is 0 Å². The van der Waals surface area contributed by atoms with Crippen LogP contribution in [0.1, 0.15) is 30.4 Å². The van der Waals surface area contributed by atoms with Crippen molar-refractivity contribution in [3.63, 3.8) is 0 Å². The lowest BCUT2D eigenvalue weighted by atomic mass is 9.64. The van der Waals surface area contributed by atoms with Crippen LogP contribution in [0.15, 0.2) is 24.3 Å². The molecular weight excluding hydrogens is 245 g/mol. The quantitative estimate of drug-likeness (QED) is 0.903. The molecule has 1 aliphatic carbocycles. The van der Waals surface area contributed by atoms with E-state index in [9.17, 15) is 23.1 Å². The van der Waals surface area contributed by atoms with E-state index in [-0.39, 0.29) is 5.56 Å². The van der Waals surface area contributed by atoms with Gasteiger partial charge in [0.25, 0.3) is 0 Å². The Hall–Kier alpha value is -1.52. The maximum atomic E-state index is 12.2. The first-order valence-electron chi connectivity index (χ1n) is 5.73. The van der Waals surface area contributed by atoms with Crippen LogP contribution < -0.4 is 0 Å². The maximum absolute atomic E-state index is 12.2. The van der Waals surface area contributed by atoms with Gasteiger partial charge in [0.1, 0.15) is 0 Å². The molecule has 0 radical (unpaired) electrons. The lowest BCUT2D eigenvalue weighted by Gasteiger charge is -2.38. The van der Waals surface area contributed by atoms with E-state index in [1.54, 1.807) is 0 Å². The predicted octanol–water partition coefficient (Wildman–Crippen LogP) is 3.30. The normalized spacial score (nSPS) is 18.2. The minimum absolute atomic E-state index is 0.158. The third kappa shape index (κ3) is 2.35. The molecular formula is C13H13F3O2. The number of halogens is 3. The second kappa shape index (κ2) is 4.30. The summed E-state index contributed by atoms with van der Waals surface area (Å²) in [5.41, 5.74) is -0.116. The van der Waals surface area contributed by atoms with Crippen LogP contribution in [0, 0.1) is 0 Å². The van der Waals surface area contributed by atoms with Gasteiger partial charge in [-0.2, -0.15) is 13.2 Å². The summed E-state index contributed by atoms with van der Waals surface area (Å²) >= 11 is 0. The third-order valence-corrected chi connectivity index (χ3v) is 3.53. The largest absolute Gasteiger partial charge is 0.481 e. The first-order valence-corrected chi connectivity index (χ1v) is 5.73. The highest BCUT2D eigenvalue weighted by atomic mass is 19.4. The first kappa shape index (κ1) is 12.9. The van der Waals surface area contributed by atoms with Crippen molar-refractivity contribution in [2.75, 3.05) is 0 Å². The fourth-order valence-corrected chi connectivity index (χ4v) is 2.33. The standard InChI is InChI=1S/C13H13F3O2/c14-13(15,16)8-9-2-4-10(5-3-9)12(11(17)18)6-1-7-12/h2-5H,1,6-8H2,(H,17,18). The van der Waals surface area contributed by atoms with Crippen LogP contribution in [0.2, 0.25) is 0 Å². The number of aliphatic carboxylic acids is 1. The Kier molecular flexibility index (Phi) is 3.09. The van der Waals surface area contributed by atoms with E-state index >= 15 is 0 Å². The van der Waals surface area contributed by atoms with Crippen LogP contribution >= 0.6 is 0 Å². The van der Waals surface area contributed by atoms with Crippen LogP contribution in [0.4, 0.5) is 13.2 Å². The molecule has 1 fully saturated rings.